The van der Waals surface area contributed by atoms with Crippen molar-refractivity contribution in [3.63, 3.8) is 0 Å². The Bertz CT molecular complexity index is 436. The Balaban J connectivity index is 2.04. The van der Waals surface area contributed by atoms with Gasteiger partial charge < -0.3 is 10.1 Å². The number of hydrogen-bond donors (Lipinski definition) is 1. The summed E-state index contributed by atoms with van der Waals surface area (Å²) >= 11 is 7.10. The summed E-state index contributed by atoms with van der Waals surface area (Å²) in [5.41, 5.74) is 1.68. The second kappa shape index (κ2) is 6.15. The Kier molecular flexibility index (Phi) is 4.96. The highest BCUT2D eigenvalue weighted by molar-refractivity contribution is 9.11. The molecule has 2 nitrogen and oxygen atoms in total. The zero-order valence-electron chi connectivity index (χ0n) is 11.7. The first-order chi connectivity index (χ1) is 8.94. The Hall–Kier alpha value is -0.0600. The molecule has 1 aromatic carbocycles. The highest BCUT2D eigenvalue weighted by Gasteiger charge is 2.33. The molecule has 0 aromatic heterocycles. The summed E-state index contributed by atoms with van der Waals surface area (Å²) in [6, 6.07) is 4.86. The Morgan fingerprint density at radius 1 is 1.32 bits per heavy atom. The van der Waals surface area contributed by atoms with Crippen LogP contribution < -0.4 is 10.1 Å². The average molecular weight is 391 g/mol. The second-order valence-corrected chi connectivity index (χ2v) is 7.62. The summed E-state index contributed by atoms with van der Waals surface area (Å²) in [7, 11) is 1.68. The minimum Gasteiger partial charge on any atom is -0.494 e. The Morgan fingerprint density at radius 3 is 2.42 bits per heavy atom. The second-order valence-electron chi connectivity index (χ2n) is 5.91. The van der Waals surface area contributed by atoms with Crippen molar-refractivity contribution in [2.75, 3.05) is 7.11 Å². The molecule has 0 heterocycles. The van der Waals surface area contributed by atoms with Crippen molar-refractivity contribution < 1.29 is 4.74 Å². The van der Waals surface area contributed by atoms with Gasteiger partial charge in [0.2, 0.25) is 0 Å². The van der Waals surface area contributed by atoms with E-state index in [1.54, 1.807) is 7.11 Å². The van der Waals surface area contributed by atoms with Crippen LogP contribution in [0.5, 0.6) is 5.75 Å². The average Bonchev–Trinajstić information content (AvgIpc) is 2.65. The van der Waals surface area contributed by atoms with Crippen LogP contribution >= 0.6 is 31.9 Å². The van der Waals surface area contributed by atoms with Gasteiger partial charge in [0.1, 0.15) is 5.75 Å². The highest BCUT2D eigenvalue weighted by atomic mass is 79.9. The molecule has 1 aliphatic carbocycles. The molecule has 1 atom stereocenters. The first-order valence-corrected chi connectivity index (χ1v) is 8.28. The molecule has 1 aromatic rings. The van der Waals surface area contributed by atoms with E-state index in [9.17, 15) is 0 Å². The highest BCUT2D eigenvalue weighted by Crippen LogP contribution is 2.38. The van der Waals surface area contributed by atoms with Gasteiger partial charge in [0.25, 0.3) is 0 Å². The van der Waals surface area contributed by atoms with E-state index < -0.39 is 0 Å². The van der Waals surface area contributed by atoms with Crippen LogP contribution in [0.25, 0.3) is 0 Å². The molecule has 0 saturated heterocycles. The number of methoxy groups -OCH3 is 1. The molecule has 106 valence electrons. The maximum absolute atomic E-state index is 5.33. The van der Waals surface area contributed by atoms with Crippen LogP contribution in [0.2, 0.25) is 0 Å². The van der Waals surface area contributed by atoms with Crippen LogP contribution in [0.15, 0.2) is 21.1 Å². The SMILES string of the molecule is COc1c(Br)cc(CNC2CCCC2(C)C)cc1Br. The van der Waals surface area contributed by atoms with Crippen LogP contribution in [-0.4, -0.2) is 13.2 Å². The predicted octanol–water partition coefficient (Wildman–Crippen LogP) is 4.89. The maximum Gasteiger partial charge on any atom is 0.147 e. The number of benzene rings is 1. The maximum atomic E-state index is 5.33. The van der Waals surface area contributed by atoms with E-state index in [2.05, 4.69) is 63.2 Å². The predicted molar refractivity (Wildman–Crippen MR) is 86.7 cm³/mol. The third-order valence-corrected chi connectivity index (χ3v) is 5.25. The van der Waals surface area contributed by atoms with Gasteiger partial charge in [-0.25, -0.2) is 0 Å². The molecule has 2 rings (SSSR count). The van der Waals surface area contributed by atoms with Gasteiger partial charge in [-0.3, -0.25) is 0 Å². The molecular weight excluding hydrogens is 370 g/mol. The van der Waals surface area contributed by atoms with Crippen molar-refractivity contribution >= 4 is 31.9 Å². The van der Waals surface area contributed by atoms with Gasteiger partial charge in [-0.15, -0.1) is 0 Å². The first kappa shape index (κ1) is 15.3. The van der Waals surface area contributed by atoms with E-state index >= 15 is 0 Å². The van der Waals surface area contributed by atoms with Crippen molar-refractivity contribution in [1.29, 1.82) is 0 Å². The minimum atomic E-state index is 0.418. The topological polar surface area (TPSA) is 21.3 Å². The lowest BCUT2D eigenvalue weighted by molar-refractivity contribution is 0.282. The number of halogens is 2. The van der Waals surface area contributed by atoms with E-state index in [1.807, 2.05) is 0 Å². The molecule has 0 aliphatic heterocycles. The molecule has 0 amide bonds. The zero-order valence-corrected chi connectivity index (χ0v) is 14.9. The number of ether oxygens (including phenoxy) is 1. The fourth-order valence-electron chi connectivity index (χ4n) is 2.86. The molecular formula is C15H21Br2NO. The quantitative estimate of drug-likeness (QED) is 0.790. The van der Waals surface area contributed by atoms with E-state index in [0.29, 0.717) is 11.5 Å². The van der Waals surface area contributed by atoms with Crippen LogP contribution in [0, 0.1) is 5.41 Å². The van der Waals surface area contributed by atoms with Crippen LogP contribution in [0.3, 0.4) is 0 Å². The molecule has 1 aliphatic rings. The molecule has 0 radical (unpaired) electrons. The third kappa shape index (κ3) is 3.53. The summed E-state index contributed by atoms with van der Waals surface area (Å²) in [5, 5.41) is 3.70. The standard InChI is InChI=1S/C15H21Br2NO/c1-15(2)6-4-5-13(15)18-9-10-7-11(16)14(19-3)12(17)8-10/h7-8,13,18H,4-6,9H2,1-3H3. The summed E-state index contributed by atoms with van der Waals surface area (Å²) in [6.45, 7) is 5.62. The normalized spacial score (nSPS) is 21.6. The van der Waals surface area contributed by atoms with E-state index in [1.165, 1.54) is 24.8 Å². The molecule has 0 bridgehead atoms. The summed E-state index contributed by atoms with van der Waals surface area (Å²) in [5.74, 6) is 0.852. The summed E-state index contributed by atoms with van der Waals surface area (Å²) < 4.78 is 7.31. The number of nitrogens with one attached hydrogen (secondary N) is 1. The van der Waals surface area contributed by atoms with Gasteiger partial charge in [0.15, 0.2) is 0 Å². The fraction of sp³-hybridized carbons (Fsp3) is 0.600. The molecule has 19 heavy (non-hydrogen) atoms. The summed E-state index contributed by atoms with van der Waals surface area (Å²) in [6.07, 6.45) is 3.94. The Morgan fingerprint density at radius 2 is 1.95 bits per heavy atom. The van der Waals surface area contributed by atoms with Gasteiger partial charge in [-0.1, -0.05) is 20.3 Å². The summed E-state index contributed by atoms with van der Waals surface area (Å²) in [4.78, 5) is 0. The van der Waals surface area contributed by atoms with Crippen LogP contribution in [0.1, 0.15) is 38.7 Å². The van der Waals surface area contributed by atoms with Crippen molar-refractivity contribution in [2.24, 2.45) is 5.41 Å². The number of hydrogen-bond acceptors (Lipinski definition) is 2. The van der Waals surface area contributed by atoms with Crippen LogP contribution in [-0.2, 0) is 6.54 Å². The lowest BCUT2D eigenvalue weighted by Gasteiger charge is -2.28. The van der Waals surface area contributed by atoms with Gasteiger partial charge in [-0.2, -0.15) is 0 Å². The minimum absolute atomic E-state index is 0.418. The van der Waals surface area contributed by atoms with E-state index in [4.69, 9.17) is 4.74 Å². The molecule has 0 spiro atoms. The molecule has 1 fully saturated rings. The van der Waals surface area contributed by atoms with Crippen LogP contribution in [0.4, 0.5) is 0 Å². The van der Waals surface area contributed by atoms with Crippen molar-refractivity contribution in [3.8, 4) is 5.75 Å². The molecule has 1 unspecified atom stereocenters. The third-order valence-electron chi connectivity index (χ3n) is 4.07. The van der Waals surface area contributed by atoms with E-state index in [0.717, 1.165) is 21.2 Å². The fourth-order valence-corrected chi connectivity index (χ4v) is 4.46. The lowest BCUT2D eigenvalue weighted by Crippen LogP contribution is -2.37. The first-order valence-electron chi connectivity index (χ1n) is 6.69. The van der Waals surface area contributed by atoms with Gasteiger partial charge >= 0.3 is 0 Å². The molecule has 1 N–H and O–H groups in total. The van der Waals surface area contributed by atoms with Gasteiger partial charge in [0.05, 0.1) is 16.1 Å². The molecule has 1 saturated carbocycles. The Labute approximate surface area is 132 Å². The van der Waals surface area contributed by atoms with Crippen molar-refractivity contribution in [3.05, 3.63) is 26.6 Å². The monoisotopic (exact) mass is 389 g/mol. The van der Waals surface area contributed by atoms with Crippen molar-refractivity contribution in [2.45, 2.75) is 45.7 Å². The van der Waals surface area contributed by atoms with Gasteiger partial charge in [-0.05, 0) is 67.8 Å². The van der Waals surface area contributed by atoms with Crippen molar-refractivity contribution in [1.82, 2.24) is 5.32 Å². The lowest BCUT2D eigenvalue weighted by atomic mass is 9.87. The zero-order chi connectivity index (χ0) is 14.0. The van der Waals surface area contributed by atoms with E-state index in [-0.39, 0.29) is 0 Å². The number of rotatable bonds is 4. The largest absolute Gasteiger partial charge is 0.494 e. The molecule has 4 heteroatoms. The smallest absolute Gasteiger partial charge is 0.147 e. The van der Waals surface area contributed by atoms with Gasteiger partial charge in [0, 0.05) is 12.6 Å².